The number of aromatic nitrogens is 3. The Balaban J connectivity index is 1.60. The Labute approximate surface area is 180 Å². The lowest BCUT2D eigenvalue weighted by molar-refractivity contribution is -0.136. The number of carbonyl (C=O) groups is 1. The number of amides is 1. The molecule has 1 aliphatic rings. The van der Waals surface area contributed by atoms with Crippen LogP contribution < -0.4 is 4.74 Å². The maximum absolute atomic E-state index is 13.4. The van der Waals surface area contributed by atoms with Gasteiger partial charge in [0.15, 0.2) is 10.6 Å². The van der Waals surface area contributed by atoms with Crippen molar-refractivity contribution in [3.05, 3.63) is 64.9 Å². The number of carbonyl (C=O) groups excluding carboxylic acids is 1. The molecule has 7 nitrogen and oxygen atoms in total. The summed E-state index contributed by atoms with van der Waals surface area (Å²) in [6, 6.07) is 17.8. The predicted octanol–water partition coefficient (Wildman–Crippen LogP) is 3.13. The molecule has 0 bridgehead atoms. The molecule has 0 saturated carbocycles. The second-order valence-electron chi connectivity index (χ2n) is 7.44. The summed E-state index contributed by atoms with van der Waals surface area (Å²) in [4.78, 5) is 17.6. The van der Waals surface area contributed by atoms with Gasteiger partial charge < -0.3 is 14.5 Å². The third-order valence-corrected chi connectivity index (χ3v) is 5.80. The van der Waals surface area contributed by atoms with E-state index in [0.29, 0.717) is 17.1 Å². The van der Waals surface area contributed by atoms with E-state index in [1.807, 2.05) is 47.4 Å². The van der Waals surface area contributed by atoms with Crippen LogP contribution in [0.2, 0.25) is 0 Å². The highest BCUT2D eigenvalue weighted by Crippen LogP contribution is 2.26. The van der Waals surface area contributed by atoms with Gasteiger partial charge in [-0.1, -0.05) is 30.3 Å². The molecule has 1 saturated heterocycles. The van der Waals surface area contributed by atoms with Crippen LogP contribution in [0.3, 0.4) is 0 Å². The number of piperazine rings is 1. The number of nitrogens with zero attached hydrogens (tertiary/aromatic N) is 4. The van der Waals surface area contributed by atoms with Gasteiger partial charge in [-0.2, -0.15) is 5.10 Å². The summed E-state index contributed by atoms with van der Waals surface area (Å²) in [5, 5.41) is 7.18. The van der Waals surface area contributed by atoms with E-state index in [1.54, 1.807) is 11.7 Å². The molecule has 2 heterocycles. The second-order valence-corrected chi connectivity index (χ2v) is 7.83. The van der Waals surface area contributed by atoms with Crippen molar-refractivity contribution >= 4 is 18.1 Å². The van der Waals surface area contributed by atoms with E-state index in [1.165, 1.54) is 0 Å². The molecule has 1 atom stereocenters. The van der Waals surface area contributed by atoms with Crippen LogP contribution in [0, 0.1) is 4.77 Å². The van der Waals surface area contributed by atoms with Crippen molar-refractivity contribution < 1.29 is 9.53 Å². The molecule has 2 aromatic carbocycles. The normalized spacial score (nSPS) is 17.1. The third kappa shape index (κ3) is 4.15. The molecule has 1 unspecified atom stereocenters. The minimum Gasteiger partial charge on any atom is -0.497 e. The third-order valence-electron chi connectivity index (χ3n) is 5.49. The Bertz CT molecular complexity index is 1060. The quantitative estimate of drug-likeness (QED) is 0.639. The summed E-state index contributed by atoms with van der Waals surface area (Å²) in [5.74, 6) is 1.43. The lowest BCUT2D eigenvalue weighted by atomic mass is 10.0. The van der Waals surface area contributed by atoms with Gasteiger partial charge in [-0.25, -0.2) is 0 Å². The number of ether oxygens (including phenoxy) is 1. The van der Waals surface area contributed by atoms with Gasteiger partial charge in [0.05, 0.1) is 13.2 Å². The van der Waals surface area contributed by atoms with Crippen molar-refractivity contribution in [2.45, 2.75) is 12.6 Å². The number of aromatic amines is 1. The zero-order valence-corrected chi connectivity index (χ0v) is 17.9. The SMILES string of the molecule is COc1ccc(-c2n[nH]c(=S)n2CC(=O)N2CCN(C)CC2c2ccccc2)cc1. The van der Waals surface area contributed by atoms with Gasteiger partial charge >= 0.3 is 0 Å². The second kappa shape index (κ2) is 8.81. The van der Waals surface area contributed by atoms with E-state index in [2.05, 4.69) is 34.3 Å². The zero-order chi connectivity index (χ0) is 21.1. The number of benzene rings is 2. The van der Waals surface area contributed by atoms with Gasteiger partial charge in [0, 0.05) is 25.2 Å². The highest BCUT2D eigenvalue weighted by Gasteiger charge is 2.30. The predicted molar refractivity (Wildman–Crippen MR) is 118 cm³/mol. The maximum Gasteiger partial charge on any atom is 0.243 e. The molecule has 1 amide bonds. The molecule has 1 fully saturated rings. The first kappa shape index (κ1) is 20.3. The topological polar surface area (TPSA) is 66.4 Å². The fourth-order valence-electron chi connectivity index (χ4n) is 3.83. The molecule has 1 N–H and O–H groups in total. The van der Waals surface area contributed by atoms with Crippen LogP contribution in [-0.2, 0) is 11.3 Å². The summed E-state index contributed by atoms with van der Waals surface area (Å²) in [6.07, 6.45) is 0. The number of hydrogen-bond acceptors (Lipinski definition) is 5. The Morgan fingerprint density at radius 2 is 1.90 bits per heavy atom. The Kier molecular flexibility index (Phi) is 5.96. The monoisotopic (exact) mass is 423 g/mol. The summed E-state index contributed by atoms with van der Waals surface area (Å²) >= 11 is 5.42. The van der Waals surface area contributed by atoms with Crippen LogP contribution in [0.15, 0.2) is 54.6 Å². The van der Waals surface area contributed by atoms with Crippen LogP contribution in [-0.4, -0.2) is 64.3 Å². The molecule has 4 rings (SSSR count). The van der Waals surface area contributed by atoms with Crippen molar-refractivity contribution in [2.75, 3.05) is 33.8 Å². The Morgan fingerprint density at radius 3 is 2.60 bits per heavy atom. The molecule has 0 aliphatic carbocycles. The molecule has 30 heavy (non-hydrogen) atoms. The fourth-order valence-corrected chi connectivity index (χ4v) is 4.03. The standard InChI is InChI=1S/C22H25N5O2S/c1-25-12-13-26(19(14-25)16-6-4-3-5-7-16)20(28)15-27-21(23-24-22(27)30)17-8-10-18(29-2)11-9-17/h3-11,19H,12-15H2,1-2H3,(H,24,30). The van der Waals surface area contributed by atoms with Crippen LogP contribution in [0.4, 0.5) is 0 Å². The van der Waals surface area contributed by atoms with E-state index in [4.69, 9.17) is 17.0 Å². The Hall–Kier alpha value is -2.97. The van der Waals surface area contributed by atoms with Gasteiger partial charge in [-0.15, -0.1) is 0 Å². The van der Waals surface area contributed by atoms with E-state index in [9.17, 15) is 4.79 Å². The van der Waals surface area contributed by atoms with Gasteiger partial charge in [0.2, 0.25) is 5.91 Å². The molecule has 8 heteroatoms. The molecular weight excluding hydrogens is 398 g/mol. The first-order valence-corrected chi connectivity index (χ1v) is 10.3. The molecule has 0 spiro atoms. The first-order valence-electron chi connectivity index (χ1n) is 9.89. The van der Waals surface area contributed by atoms with E-state index in [-0.39, 0.29) is 18.5 Å². The average molecular weight is 424 g/mol. The van der Waals surface area contributed by atoms with Crippen LogP contribution >= 0.6 is 12.2 Å². The smallest absolute Gasteiger partial charge is 0.243 e. The molecule has 1 aliphatic heterocycles. The number of nitrogens with one attached hydrogen (secondary N) is 1. The van der Waals surface area contributed by atoms with Crippen LogP contribution in [0.25, 0.3) is 11.4 Å². The fraction of sp³-hybridized carbons (Fsp3) is 0.318. The number of likely N-dealkylation sites (N-methyl/N-ethyl adjacent to an activating group) is 1. The van der Waals surface area contributed by atoms with Crippen molar-refractivity contribution in [2.24, 2.45) is 0 Å². The number of methoxy groups -OCH3 is 1. The number of hydrogen-bond donors (Lipinski definition) is 1. The van der Waals surface area contributed by atoms with Crippen molar-refractivity contribution in [3.8, 4) is 17.1 Å². The van der Waals surface area contributed by atoms with Gasteiger partial charge in [0.1, 0.15) is 12.3 Å². The summed E-state index contributed by atoms with van der Waals surface area (Å²) < 4.78 is 7.42. The highest BCUT2D eigenvalue weighted by atomic mass is 32.1. The largest absolute Gasteiger partial charge is 0.497 e. The first-order chi connectivity index (χ1) is 14.6. The van der Waals surface area contributed by atoms with E-state index in [0.717, 1.165) is 30.0 Å². The number of H-pyrrole nitrogens is 1. The molecule has 3 aromatic rings. The highest BCUT2D eigenvalue weighted by molar-refractivity contribution is 7.71. The summed E-state index contributed by atoms with van der Waals surface area (Å²) in [7, 11) is 3.72. The molecule has 1 aromatic heterocycles. The lowest BCUT2D eigenvalue weighted by Crippen LogP contribution is -2.50. The van der Waals surface area contributed by atoms with E-state index >= 15 is 0 Å². The molecule has 0 radical (unpaired) electrons. The van der Waals surface area contributed by atoms with Gasteiger partial charge in [0.25, 0.3) is 0 Å². The number of rotatable bonds is 5. The zero-order valence-electron chi connectivity index (χ0n) is 17.1. The van der Waals surface area contributed by atoms with Crippen LogP contribution in [0.1, 0.15) is 11.6 Å². The van der Waals surface area contributed by atoms with Gasteiger partial charge in [-0.3, -0.25) is 14.5 Å². The molecular formula is C22H25N5O2S. The van der Waals surface area contributed by atoms with Gasteiger partial charge in [-0.05, 0) is 49.1 Å². The minimum absolute atomic E-state index is 0.0166. The minimum atomic E-state index is 0.0166. The lowest BCUT2D eigenvalue weighted by Gasteiger charge is -2.40. The van der Waals surface area contributed by atoms with Crippen molar-refractivity contribution in [1.82, 2.24) is 24.6 Å². The van der Waals surface area contributed by atoms with Crippen LogP contribution in [0.5, 0.6) is 5.75 Å². The average Bonchev–Trinajstić information content (AvgIpc) is 3.14. The van der Waals surface area contributed by atoms with E-state index < -0.39 is 0 Å². The van der Waals surface area contributed by atoms with Crippen molar-refractivity contribution in [3.63, 3.8) is 0 Å². The van der Waals surface area contributed by atoms with Crippen molar-refractivity contribution in [1.29, 1.82) is 0 Å². The molecule has 156 valence electrons. The summed E-state index contributed by atoms with van der Waals surface area (Å²) in [5.41, 5.74) is 2.01. The summed E-state index contributed by atoms with van der Waals surface area (Å²) in [6.45, 7) is 2.47. The Morgan fingerprint density at radius 1 is 1.17 bits per heavy atom. The maximum atomic E-state index is 13.4.